The second kappa shape index (κ2) is 13.0. The number of aryl methyl sites for hydroxylation is 1. The fraction of sp³-hybridized carbons (Fsp3) is 0.650. The van der Waals surface area contributed by atoms with Gasteiger partial charge in [-0.25, -0.2) is 4.79 Å². The van der Waals surface area contributed by atoms with Crippen molar-refractivity contribution >= 4 is 6.16 Å². The molecule has 0 aliphatic carbocycles. The summed E-state index contributed by atoms with van der Waals surface area (Å²) in [6, 6.07) is 7.75. The van der Waals surface area contributed by atoms with Crippen LogP contribution in [0.5, 0.6) is 5.75 Å². The van der Waals surface area contributed by atoms with E-state index in [0.29, 0.717) is 12.4 Å². The average molecular weight is 320 g/mol. The van der Waals surface area contributed by atoms with Crippen LogP contribution in [0, 0.1) is 0 Å². The number of para-hydroxylation sites is 1. The molecule has 0 saturated heterocycles. The van der Waals surface area contributed by atoms with Crippen molar-refractivity contribution in [1.82, 2.24) is 0 Å². The molecule has 0 atom stereocenters. The molecule has 0 saturated carbocycles. The fourth-order valence-corrected chi connectivity index (χ4v) is 2.56. The first-order valence-electron chi connectivity index (χ1n) is 9.20. The Hall–Kier alpha value is -1.51. The molecule has 0 aliphatic rings. The van der Waals surface area contributed by atoms with E-state index in [2.05, 4.69) is 6.92 Å². The van der Waals surface area contributed by atoms with Gasteiger partial charge in [-0.3, -0.25) is 0 Å². The van der Waals surface area contributed by atoms with Crippen molar-refractivity contribution in [3.05, 3.63) is 29.8 Å². The summed E-state index contributed by atoms with van der Waals surface area (Å²) >= 11 is 0. The number of rotatable bonds is 12. The highest BCUT2D eigenvalue weighted by Gasteiger charge is 2.09. The normalized spacial score (nSPS) is 10.5. The maximum absolute atomic E-state index is 11.6. The molecule has 0 aliphatic heterocycles. The summed E-state index contributed by atoms with van der Waals surface area (Å²) in [5.74, 6) is 0.636. The van der Waals surface area contributed by atoms with E-state index in [0.717, 1.165) is 24.8 Å². The van der Waals surface area contributed by atoms with Crippen LogP contribution >= 0.6 is 0 Å². The van der Waals surface area contributed by atoms with Crippen LogP contribution in [0.2, 0.25) is 0 Å². The Bertz CT molecular complexity index is 429. The van der Waals surface area contributed by atoms with Gasteiger partial charge >= 0.3 is 6.16 Å². The molecule has 0 unspecified atom stereocenters. The Morgan fingerprint density at radius 2 is 1.52 bits per heavy atom. The first kappa shape index (κ1) is 19.5. The summed E-state index contributed by atoms with van der Waals surface area (Å²) in [5, 5.41) is 0. The van der Waals surface area contributed by atoms with Gasteiger partial charge in [0.15, 0.2) is 0 Å². The Labute approximate surface area is 141 Å². The van der Waals surface area contributed by atoms with E-state index in [1.54, 1.807) is 0 Å². The second-order valence-corrected chi connectivity index (χ2v) is 6.03. The molecular weight excluding hydrogens is 288 g/mol. The van der Waals surface area contributed by atoms with Gasteiger partial charge in [0.25, 0.3) is 0 Å². The molecule has 1 aromatic rings. The predicted octanol–water partition coefficient (Wildman–Crippen LogP) is 6.30. The molecule has 0 fully saturated rings. The van der Waals surface area contributed by atoms with Crippen molar-refractivity contribution in [2.24, 2.45) is 0 Å². The molecule has 0 bridgehead atoms. The average Bonchev–Trinajstić information content (AvgIpc) is 2.56. The van der Waals surface area contributed by atoms with Gasteiger partial charge in [-0.2, -0.15) is 0 Å². The van der Waals surface area contributed by atoms with Crippen molar-refractivity contribution in [2.75, 3.05) is 6.61 Å². The second-order valence-electron chi connectivity index (χ2n) is 6.03. The molecular formula is C20H32O3. The third-order valence-electron chi connectivity index (χ3n) is 3.89. The molecule has 0 amide bonds. The van der Waals surface area contributed by atoms with E-state index in [-0.39, 0.29) is 0 Å². The Kier molecular flexibility index (Phi) is 11.0. The van der Waals surface area contributed by atoms with Crippen molar-refractivity contribution in [3.8, 4) is 5.75 Å². The predicted molar refractivity (Wildman–Crippen MR) is 95.0 cm³/mol. The number of hydrogen-bond acceptors (Lipinski definition) is 3. The lowest BCUT2D eigenvalue weighted by atomic mass is 10.0. The lowest BCUT2D eigenvalue weighted by Crippen LogP contribution is -2.12. The number of unbranched alkanes of at least 4 members (excludes halogenated alkanes) is 7. The van der Waals surface area contributed by atoms with Crippen LogP contribution in [0.3, 0.4) is 0 Å². The highest BCUT2D eigenvalue weighted by atomic mass is 16.7. The minimum Gasteiger partial charge on any atom is -0.434 e. The standard InChI is InChI=1S/C20H32O3/c1-3-5-6-7-8-9-10-11-14-18-15-12-13-16-19(18)23-20(21)22-17-4-2/h12-13,15-16H,3-11,14,17H2,1-2H3. The van der Waals surface area contributed by atoms with Crippen LogP contribution < -0.4 is 4.74 Å². The Balaban J connectivity index is 2.27. The molecule has 0 aromatic heterocycles. The van der Waals surface area contributed by atoms with Crippen LogP contribution in [0.1, 0.15) is 77.2 Å². The summed E-state index contributed by atoms with van der Waals surface area (Å²) < 4.78 is 10.3. The zero-order valence-corrected chi connectivity index (χ0v) is 14.8. The molecule has 130 valence electrons. The van der Waals surface area contributed by atoms with Crippen molar-refractivity contribution < 1.29 is 14.3 Å². The molecule has 0 heterocycles. The molecule has 1 aromatic carbocycles. The summed E-state index contributed by atoms with van der Waals surface area (Å²) in [7, 11) is 0. The topological polar surface area (TPSA) is 35.5 Å². The molecule has 0 N–H and O–H groups in total. The SMILES string of the molecule is CCCCCCCCCCc1ccccc1OC(=O)OCCC. The third kappa shape index (κ3) is 9.27. The fourth-order valence-electron chi connectivity index (χ4n) is 2.56. The van der Waals surface area contributed by atoms with Gasteiger partial charge < -0.3 is 9.47 Å². The highest BCUT2D eigenvalue weighted by molar-refractivity contribution is 5.64. The largest absolute Gasteiger partial charge is 0.513 e. The molecule has 3 nitrogen and oxygen atoms in total. The van der Waals surface area contributed by atoms with Gasteiger partial charge in [-0.1, -0.05) is 77.0 Å². The summed E-state index contributed by atoms with van der Waals surface area (Å²) in [6.45, 7) is 4.61. The van der Waals surface area contributed by atoms with Crippen LogP contribution in [0.25, 0.3) is 0 Å². The minimum atomic E-state index is -0.602. The Morgan fingerprint density at radius 1 is 0.870 bits per heavy atom. The number of carbonyl (C=O) groups excluding carboxylic acids is 1. The summed E-state index contributed by atoms with van der Waals surface area (Å²) in [5.41, 5.74) is 1.09. The van der Waals surface area contributed by atoms with E-state index in [4.69, 9.17) is 9.47 Å². The molecule has 3 heteroatoms. The van der Waals surface area contributed by atoms with Crippen molar-refractivity contribution in [3.63, 3.8) is 0 Å². The number of carbonyl (C=O) groups is 1. The van der Waals surface area contributed by atoms with E-state index < -0.39 is 6.16 Å². The molecule has 1 rings (SSSR count). The number of benzene rings is 1. The van der Waals surface area contributed by atoms with Crippen LogP contribution in [-0.2, 0) is 11.2 Å². The van der Waals surface area contributed by atoms with Crippen molar-refractivity contribution in [2.45, 2.75) is 78.1 Å². The van der Waals surface area contributed by atoms with E-state index in [1.807, 2.05) is 31.2 Å². The maximum atomic E-state index is 11.6. The van der Waals surface area contributed by atoms with Crippen LogP contribution in [0.15, 0.2) is 24.3 Å². The molecule has 0 spiro atoms. The zero-order chi connectivity index (χ0) is 16.8. The first-order chi connectivity index (χ1) is 11.3. The van der Waals surface area contributed by atoms with Crippen LogP contribution in [-0.4, -0.2) is 12.8 Å². The minimum absolute atomic E-state index is 0.402. The highest BCUT2D eigenvalue weighted by Crippen LogP contribution is 2.21. The smallest absolute Gasteiger partial charge is 0.434 e. The summed E-state index contributed by atoms with van der Waals surface area (Å²) in [6.07, 6.45) is 11.5. The molecule has 23 heavy (non-hydrogen) atoms. The number of ether oxygens (including phenoxy) is 2. The van der Waals surface area contributed by atoms with E-state index >= 15 is 0 Å². The van der Waals surface area contributed by atoms with Gasteiger partial charge in [-0.15, -0.1) is 0 Å². The Morgan fingerprint density at radius 3 is 2.22 bits per heavy atom. The van der Waals surface area contributed by atoms with E-state index in [9.17, 15) is 4.79 Å². The lowest BCUT2D eigenvalue weighted by molar-refractivity contribution is 0.0988. The monoisotopic (exact) mass is 320 g/mol. The number of hydrogen-bond donors (Lipinski definition) is 0. The lowest BCUT2D eigenvalue weighted by Gasteiger charge is -2.10. The maximum Gasteiger partial charge on any atom is 0.513 e. The first-order valence-corrected chi connectivity index (χ1v) is 9.20. The third-order valence-corrected chi connectivity index (χ3v) is 3.89. The summed E-state index contributed by atoms with van der Waals surface area (Å²) in [4.78, 5) is 11.6. The quantitative estimate of drug-likeness (QED) is 0.258. The van der Waals surface area contributed by atoms with Gasteiger partial charge in [0.1, 0.15) is 5.75 Å². The van der Waals surface area contributed by atoms with Gasteiger partial charge in [0, 0.05) is 0 Å². The van der Waals surface area contributed by atoms with Gasteiger partial charge in [0.2, 0.25) is 0 Å². The van der Waals surface area contributed by atoms with Gasteiger partial charge in [-0.05, 0) is 30.9 Å². The van der Waals surface area contributed by atoms with E-state index in [1.165, 1.54) is 44.9 Å². The molecule has 0 radical (unpaired) electrons. The van der Waals surface area contributed by atoms with Crippen molar-refractivity contribution in [1.29, 1.82) is 0 Å². The zero-order valence-electron chi connectivity index (χ0n) is 14.8. The van der Waals surface area contributed by atoms with Gasteiger partial charge in [0.05, 0.1) is 6.61 Å². The van der Waals surface area contributed by atoms with Crippen LogP contribution in [0.4, 0.5) is 4.79 Å².